The zero-order valence-electron chi connectivity index (χ0n) is 23.2. The van der Waals surface area contributed by atoms with Gasteiger partial charge in [-0.2, -0.15) is 0 Å². The molecule has 4 aliphatic rings. The van der Waals surface area contributed by atoms with E-state index in [1.54, 1.807) is 23.1 Å². The second kappa shape index (κ2) is 10.6. The standard InChI is InChI=1S/C31H30F3N3O6/c32-31(33,34)42-26-7-2-1-5-23(26)27-25(28(43-35-27)17-8-9-17)16-41-21-12-19-10-11-20(13-21)37(19)30(40)36-14-18-4-3-6-22(29(38)39)24(18)15-36/h1-7,17,19-21H,8-16H2,(H,38,39)/t19-,20+,21?. The highest BCUT2D eigenvalue weighted by molar-refractivity contribution is 5.90. The molecule has 0 spiro atoms. The maximum Gasteiger partial charge on any atom is 0.573 e. The van der Waals surface area contributed by atoms with Crippen molar-refractivity contribution < 1.29 is 41.9 Å². The Morgan fingerprint density at radius 3 is 2.44 bits per heavy atom. The Kier molecular flexibility index (Phi) is 6.83. The average Bonchev–Trinajstić information content (AvgIpc) is 3.47. The van der Waals surface area contributed by atoms with E-state index in [1.807, 2.05) is 11.0 Å². The second-order valence-electron chi connectivity index (χ2n) is 11.8. The molecule has 3 aromatic rings. The molecule has 3 fully saturated rings. The van der Waals surface area contributed by atoms with E-state index < -0.39 is 12.3 Å². The number of fused-ring (bicyclic) bond motifs is 3. The van der Waals surface area contributed by atoms with Crippen molar-refractivity contribution in [1.29, 1.82) is 0 Å². The topological polar surface area (TPSA) is 105 Å². The van der Waals surface area contributed by atoms with Crippen LogP contribution in [0, 0.1) is 0 Å². The lowest BCUT2D eigenvalue weighted by Gasteiger charge is -2.40. The molecule has 3 aliphatic heterocycles. The van der Waals surface area contributed by atoms with Crippen LogP contribution < -0.4 is 4.74 Å². The Labute approximate surface area is 245 Å². The van der Waals surface area contributed by atoms with Gasteiger partial charge in [0.05, 0.1) is 18.3 Å². The summed E-state index contributed by atoms with van der Waals surface area (Å²) >= 11 is 0. The van der Waals surface area contributed by atoms with Crippen molar-refractivity contribution in [2.45, 2.75) is 88.7 Å². The lowest BCUT2D eigenvalue weighted by molar-refractivity contribution is -0.274. The van der Waals surface area contributed by atoms with Gasteiger partial charge in [0.25, 0.3) is 0 Å². The van der Waals surface area contributed by atoms with Crippen LogP contribution in [0.4, 0.5) is 18.0 Å². The van der Waals surface area contributed by atoms with E-state index in [0.717, 1.165) is 31.2 Å². The number of alkyl halides is 3. The van der Waals surface area contributed by atoms with E-state index in [0.29, 0.717) is 36.3 Å². The van der Waals surface area contributed by atoms with E-state index >= 15 is 0 Å². The summed E-state index contributed by atoms with van der Waals surface area (Å²) in [5.41, 5.74) is 2.88. The maximum absolute atomic E-state index is 13.7. The number of piperidine rings is 1. The number of benzene rings is 2. The van der Waals surface area contributed by atoms with Crippen LogP contribution in [0.5, 0.6) is 5.75 Å². The summed E-state index contributed by atoms with van der Waals surface area (Å²) in [6.07, 6.45) is -0.184. The van der Waals surface area contributed by atoms with Crippen molar-refractivity contribution in [1.82, 2.24) is 15.0 Å². The van der Waals surface area contributed by atoms with Gasteiger partial charge in [0.2, 0.25) is 0 Å². The van der Waals surface area contributed by atoms with Crippen molar-refractivity contribution in [3.8, 4) is 17.0 Å². The number of carboxylic acids is 1. The van der Waals surface area contributed by atoms with Gasteiger partial charge in [-0.25, -0.2) is 9.59 Å². The van der Waals surface area contributed by atoms with E-state index in [4.69, 9.17) is 9.26 Å². The van der Waals surface area contributed by atoms with Crippen molar-refractivity contribution in [2.24, 2.45) is 0 Å². The fraction of sp³-hybridized carbons (Fsp3) is 0.452. The number of carbonyl (C=O) groups is 2. The highest BCUT2D eigenvalue weighted by Crippen LogP contribution is 2.46. The largest absolute Gasteiger partial charge is 0.573 e. The van der Waals surface area contributed by atoms with Crippen LogP contribution in [0.25, 0.3) is 11.3 Å². The summed E-state index contributed by atoms with van der Waals surface area (Å²) in [5.74, 6) is -0.545. The number of amides is 2. The predicted molar refractivity (Wildman–Crippen MR) is 145 cm³/mol. The normalized spacial score (nSPS) is 23.0. The Balaban J connectivity index is 1.05. The third-order valence-corrected chi connectivity index (χ3v) is 8.99. The van der Waals surface area contributed by atoms with Gasteiger partial charge in [-0.15, -0.1) is 13.2 Å². The van der Waals surface area contributed by atoms with Crippen molar-refractivity contribution in [2.75, 3.05) is 0 Å². The highest BCUT2D eigenvalue weighted by Gasteiger charge is 2.46. The quantitative estimate of drug-likeness (QED) is 0.333. The van der Waals surface area contributed by atoms with Crippen molar-refractivity contribution in [3.05, 3.63) is 70.5 Å². The minimum Gasteiger partial charge on any atom is -0.478 e. The Morgan fingerprint density at radius 2 is 1.74 bits per heavy atom. The zero-order chi connectivity index (χ0) is 29.9. The summed E-state index contributed by atoms with van der Waals surface area (Å²) < 4.78 is 55.7. The number of aromatic carboxylic acids is 1. The molecule has 2 saturated heterocycles. The smallest absolute Gasteiger partial charge is 0.478 e. The van der Waals surface area contributed by atoms with E-state index in [-0.39, 0.29) is 65.9 Å². The maximum atomic E-state index is 13.7. The van der Waals surface area contributed by atoms with Crippen LogP contribution in [0.3, 0.4) is 0 Å². The molecular weight excluding hydrogens is 567 g/mol. The number of carbonyl (C=O) groups excluding carboxylic acids is 1. The first-order valence-corrected chi connectivity index (χ1v) is 14.5. The Bertz CT molecular complexity index is 1550. The first-order valence-electron chi connectivity index (χ1n) is 14.5. The number of urea groups is 1. The number of hydrogen-bond acceptors (Lipinski definition) is 6. The molecule has 12 heteroatoms. The number of para-hydroxylation sites is 1. The first-order chi connectivity index (χ1) is 20.7. The van der Waals surface area contributed by atoms with Gasteiger partial charge in [0.15, 0.2) is 0 Å². The van der Waals surface area contributed by atoms with Gasteiger partial charge in [-0.1, -0.05) is 29.4 Å². The molecule has 1 aromatic heterocycles. The highest BCUT2D eigenvalue weighted by atomic mass is 19.4. The minimum absolute atomic E-state index is 0.00957. The van der Waals surface area contributed by atoms with Crippen LogP contribution in [-0.2, 0) is 24.4 Å². The molecule has 3 atom stereocenters. The molecule has 4 heterocycles. The van der Waals surface area contributed by atoms with Crippen LogP contribution >= 0.6 is 0 Å². The predicted octanol–water partition coefficient (Wildman–Crippen LogP) is 6.46. The van der Waals surface area contributed by atoms with Crippen LogP contribution in [0.2, 0.25) is 0 Å². The number of hydrogen-bond donors (Lipinski definition) is 1. The molecular formula is C31H30F3N3O6. The van der Waals surface area contributed by atoms with Gasteiger partial charge < -0.3 is 28.9 Å². The monoisotopic (exact) mass is 597 g/mol. The lowest BCUT2D eigenvalue weighted by atomic mass is 9.99. The second-order valence-corrected chi connectivity index (χ2v) is 11.8. The minimum atomic E-state index is -4.85. The van der Waals surface area contributed by atoms with Crippen molar-refractivity contribution in [3.63, 3.8) is 0 Å². The molecule has 1 saturated carbocycles. The van der Waals surface area contributed by atoms with Crippen molar-refractivity contribution >= 4 is 12.0 Å². The summed E-state index contributed by atoms with van der Waals surface area (Å²) in [4.78, 5) is 29.0. The van der Waals surface area contributed by atoms with Gasteiger partial charge >= 0.3 is 18.4 Å². The van der Waals surface area contributed by atoms with E-state index in [9.17, 15) is 27.9 Å². The van der Waals surface area contributed by atoms with Crippen LogP contribution in [-0.4, -0.2) is 56.6 Å². The molecule has 226 valence electrons. The first kappa shape index (κ1) is 27.8. The average molecular weight is 598 g/mol. The summed E-state index contributed by atoms with van der Waals surface area (Å²) in [6, 6.07) is 10.9. The number of halogens is 3. The molecule has 1 aliphatic carbocycles. The fourth-order valence-electron chi connectivity index (χ4n) is 6.91. The zero-order valence-corrected chi connectivity index (χ0v) is 23.2. The Morgan fingerprint density at radius 1 is 1.00 bits per heavy atom. The third-order valence-electron chi connectivity index (χ3n) is 8.99. The molecule has 2 amide bonds. The van der Waals surface area contributed by atoms with Crippen LogP contribution in [0.15, 0.2) is 47.0 Å². The molecule has 1 unspecified atom stereocenters. The van der Waals surface area contributed by atoms with Gasteiger partial charge in [0.1, 0.15) is 17.2 Å². The third kappa shape index (κ3) is 5.32. The van der Waals surface area contributed by atoms with Crippen LogP contribution in [0.1, 0.15) is 77.3 Å². The van der Waals surface area contributed by atoms with Gasteiger partial charge in [-0.3, -0.25) is 0 Å². The number of carboxylic acid groups (broad SMARTS) is 1. The molecule has 9 nitrogen and oxygen atoms in total. The Hall–Kier alpha value is -4.06. The summed E-state index contributed by atoms with van der Waals surface area (Å²) in [6.45, 7) is 0.777. The van der Waals surface area contributed by atoms with E-state index in [2.05, 4.69) is 9.89 Å². The number of ether oxygens (including phenoxy) is 2. The summed E-state index contributed by atoms with van der Waals surface area (Å²) in [5, 5.41) is 13.7. The number of nitrogens with zero attached hydrogens (tertiary/aromatic N) is 3. The lowest BCUT2D eigenvalue weighted by Crippen LogP contribution is -2.52. The number of rotatable bonds is 7. The molecule has 2 bridgehead atoms. The van der Waals surface area contributed by atoms with Gasteiger partial charge in [0, 0.05) is 42.2 Å². The molecule has 43 heavy (non-hydrogen) atoms. The SMILES string of the molecule is O=C(O)c1cccc2c1CN(C(=O)N1[C@@H]3CC[C@H]1CC(OCc1c(-c4ccccc4OC(F)(F)F)noc1C1CC1)C3)C2. The molecule has 1 N–H and O–H groups in total. The summed E-state index contributed by atoms with van der Waals surface area (Å²) in [7, 11) is 0. The number of aromatic nitrogens is 1. The fourth-order valence-corrected chi connectivity index (χ4v) is 6.91. The molecule has 7 rings (SSSR count). The van der Waals surface area contributed by atoms with Gasteiger partial charge in [-0.05, 0) is 67.9 Å². The molecule has 2 aromatic carbocycles. The molecule has 0 radical (unpaired) electrons. The van der Waals surface area contributed by atoms with E-state index in [1.165, 1.54) is 18.2 Å².